The molecular formula is C24H22ClFN2O2. The van der Waals surface area contributed by atoms with Crippen molar-refractivity contribution in [3.8, 4) is 0 Å². The molecule has 3 aromatic rings. The maximum atomic E-state index is 14.1. The lowest BCUT2D eigenvalue weighted by Crippen LogP contribution is -2.41. The lowest BCUT2D eigenvalue weighted by Gasteiger charge is -2.23. The summed E-state index contributed by atoms with van der Waals surface area (Å²) in [6.45, 7) is -0.0135. The summed E-state index contributed by atoms with van der Waals surface area (Å²) in [4.78, 5) is 26.9. The van der Waals surface area contributed by atoms with E-state index in [9.17, 15) is 14.0 Å². The first-order chi connectivity index (χ1) is 14.5. The molecule has 1 saturated carbocycles. The van der Waals surface area contributed by atoms with Crippen LogP contribution in [0, 0.1) is 5.82 Å². The van der Waals surface area contributed by atoms with Crippen molar-refractivity contribution in [2.45, 2.75) is 31.8 Å². The molecule has 0 saturated heterocycles. The van der Waals surface area contributed by atoms with E-state index in [1.807, 2.05) is 42.5 Å². The highest BCUT2D eigenvalue weighted by Gasteiger charge is 2.33. The van der Waals surface area contributed by atoms with Crippen LogP contribution in [0.15, 0.2) is 60.7 Å². The fraction of sp³-hybridized carbons (Fsp3) is 0.250. The second-order valence-electron chi connectivity index (χ2n) is 7.54. The maximum Gasteiger partial charge on any atom is 0.242 e. The third kappa shape index (κ3) is 4.62. The van der Waals surface area contributed by atoms with E-state index in [1.54, 1.807) is 11.0 Å². The van der Waals surface area contributed by atoms with Crippen LogP contribution in [0.3, 0.4) is 0 Å². The highest BCUT2D eigenvalue weighted by molar-refractivity contribution is 6.31. The number of amides is 2. The van der Waals surface area contributed by atoms with E-state index in [0.717, 1.165) is 29.2 Å². The molecule has 4 rings (SSSR count). The minimum absolute atomic E-state index is 0.0724. The van der Waals surface area contributed by atoms with E-state index in [-0.39, 0.29) is 37.4 Å². The van der Waals surface area contributed by atoms with Crippen molar-refractivity contribution in [3.63, 3.8) is 0 Å². The first-order valence-corrected chi connectivity index (χ1v) is 10.4. The largest absolute Gasteiger partial charge is 0.347 e. The summed E-state index contributed by atoms with van der Waals surface area (Å²) in [6.07, 6.45) is 1.95. The number of fused-ring (bicyclic) bond motifs is 1. The van der Waals surface area contributed by atoms with Crippen molar-refractivity contribution < 1.29 is 14.0 Å². The average molecular weight is 425 g/mol. The van der Waals surface area contributed by atoms with Crippen molar-refractivity contribution >= 4 is 34.2 Å². The zero-order valence-corrected chi connectivity index (χ0v) is 17.2. The van der Waals surface area contributed by atoms with Crippen molar-refractivity contribution in [3.05, 3.63) is 82.6 Å². The van der Waals surface area contributed by atoms with Crippen LogP contribution in [0.25, 0.3) is 10.8 Å². The minimum atomic E-state index is -0.430. The minimum Gasteiger partial charge on any atom is -0.347 e. The van der Waals surface area contributed by atoms with Gasteiger partial charge in [0.2, 0.25) is 11.8 Å². The highest BCUT2D eigenvalue weighted by atomic mass is 35.5. The van der Waals surface area contributed by atoms with Gasteiger partial charge >= 0.3 is 0 Å². The van der Waals surface area contributed by atoms with Crippen LogP contribution in [0.4, 0.5) is 4.39 Å². The summed E-state index contributed by atoms with van der Waals surface area (Å²) in [5.74, 6) is -0.886. The molecule has 1 aliphatic rings. The standard InChI is InChI=1S/C24H22ClFN2O2/c25-21-9-4-10-22(26)20(21)15-28(18-11-12-18)24(30)14-27-23(29)13-17-7-3-6-16-5-1-2-8-19(16)17/h1-10,18H,11-15H2,(H,27,29). The van der Waals surface area contributed by atoms with Crippen LogP contribution in [0.1, 0.15) is 24.0 Å². The molecule has 1 aliphatic carbocycles. The van der Waals surface area contributed by atoms with E-state index in [0.29, 0.717) is 10.6 Å². The zero-order valence-electron chi connectivity index (χ0n) is 16.4. The molecule has 30 heavy (non-hydrogen) atoms. The molecule has 0 atom stereocenters. The average Bonchev–Trinajstić information content (AvgIpc) is 3.57. The van der Waals surface area contributed by atoms with Gasteiger partial charge in [0.05, 0.1) is 19.5 Å². The molecule has 0 radical (unpaired) electrons. The summed E-state index contributed by atoms with van der Waals surface area (Å²) < 4.78 is 14.1. The van der Waals surface area contributed by atoms with Gasteiger partial charge in [-0.2, -0.15) is 0 Å². The van der Waals surface area contributed by atoms with Gasteiger partial charge < -0.3 is 10.2 Å². The number of hydrogen-bond acceptors (Lipinski definition) is 2. The van der Waals surface area contributed by atoms with E-state index in [1.165, 1.54) is 12.1 Å². The predicted octanol–water partition coefficient (Wildman–Crippen LogP) is 4.48. The van der Waals surface area contributed by atoms with E-state index < -0.39 is 5.82 Å². The molecule has 2 amide bonds. The second kappa shape index (κ2) is 8.84. The monoisotopic (exact) mass is 424 g/mol. The number of nitrogens with one attached hydrogen (secondary N) is 1. The quantitative estimate of drug-likeness (QED) is 0.607. The number of carbonyl (C=O) groups excluding carboxylic acids is 2. The lowest BCUT2D eigenvalue weighted by atomic mass is 10.0. The second-order valence-corrected chi connectivity index (χ2v) is 7.95. The maximum absolute atomic E-state index is 14.1. The summed E-state index contributed by atoms with van der Waals surface area (Å²) >= 11 is 6.12. The topological polar surface area (TPSA) is 49.4 Å². The van der Waals surface area contributed by atoms with Gasteiger partial charge in [-0.25, -0.2) is 4.39 Å². The van der Waals surface area contributed by atoms with Gasteiger partial charge in [0.15, 0.2) is 0 Å². The summed E-state index contributed by atoms with van der Waals surface area (Å²) in [5, 5.41) is 5.11. The Kier molecular flexibility index (Phi) is 6.00. The van der Waals surface area contributed by atoms with Crippen LogP contribution >= 0.6 is 11.6 Å². The summed E-state index contributed by atoms with van der Waals surface area (Å²) in [5.41, 5.74) is 1.22. The first-order valence-electron chi connectivity index (χ1n) is 9.98. The zero-order chi connectivity index (χ0) is 21.1. The molecule has 0 unspecified atom stereocenters. The molecular weight excluding hydrogens is 403 g/mol. The predicted molar refractivity (Wildman–Crippen MR) is 116 cm³/mol. The Morgan fingerprint density at radius 3 is 2.53 bits per heavy atom. The molecule has 154 valence electrons. The lowest BCUT2D eigenvalue weighted by molar-refractivity contribution is -0.133. The molecule has 0 aliphatic heterocycles. The third-order valence-electron chi connectivity index (χ3n) is 5.37. The van der Waals surface area contributed by atoms with Crippen molar-refractivity contribution in [2.24, 2.45) is 0 Å². The molecule has 0 spiro atoms. The Balaban J connectivity index is 1.39. The summed E-state index contributed by atoms with van der Waals surface area (Å²) in [7, 11) is 0. The first kappa shape index (κ1) is 20.4. The van der Waals surface area contributed by atoms with Gasteiger partial charge in [-0.05, 0) is 41.3 Å². The summed E-state index contributed by atoms with van der Waals surface area (Å²) in [6, 6.07) is 18.3. The number of halogens is 2. The van der Waals surface area contributed by atoms with Gasteiger partial charge in [-0.1, -0.05) is 60.1 Å². The van der Waals surface area contributed by atoms with Gasteiger partial charge in [0.25, 0.3) is 0 Å². The third-order valence-corrected chi connectivity index (χ3v) is 5.72. The Morgan fingerprint density at radius 1 is 1.03 bits per heavy atom. The molecule has 3 aromatic carbocycles. The van der Waals surface area contributed by atoms with Gasteiger partial charge in [0.1, 0.15) is 5.82 Å². The molecule has 0 aromatic heterocycles. The van der Waals surface area contributed by atoms with Crippen molar-refractivity contribution in [1.29, 1.82) is 0 Å². The van der Waals surface area contributed by atoms with Gasteiger partial charge in [-0.15, -0.1) is 0 Å². The van der Waals surface area contributed by atoms with Crippen LogP contribution < -0.4 is 5.32 Å². The number of nitrogens with zero attached hydrogens (tertiary/aromatic N) is 1. The van der Waals surface area contributed by atoms with E-state index >= 15 is 0 Å². The highest BCUT2D eigenvalue weighted by Crippen LogP contribution is 2.30. The van der Waals surface area contributed by atoms with Crippen LogP contribution in [-0.4, -0.2) is 29.3 Å². The fourth-order valence-electron chi connectivity index (χ4n) is 3.62. The number of rotatable bonds is 7. The molecule has 1 fully saturated rings. The van der Waals surface area contributed by atoms with E-state index in [4.69, 9.17) is 11.6 Å². The van der Waals surface area contributed by atoms with Crippen LogP contribution in [0.2, 0.25) is 5.02 Å². The van der Waals surface area contributed by atoms with Gasteiger partial charge in [0, 0.05) is 16.6 Å². The smallest absolute Gasteiger partial charge is 0.242 e. The van der Waals surface area contributed by atoms with E-state index in [2.05, 4.69) is 5.32 Å². The van der Waals surface area contributed by atoms with Crippen molar-refractivity contribution in [2.75, 3.05) is 6.54 Å². The van der Waals surface area contributed by atoms with Gasteiger partial charge in [-0.3, -0.25) is 9.59 Å². The number of carbonyl (C=O) groups is 2. The van der Waals surface area contributed by atoms with Crippen LogP contribution in [0.5, 0.6) is 0 Å². The molecule has 6 heteroatoms. The van der Waals surface area contributed by atoms with Crippen LogP contribution in [-0.2, 0) is 22.6 Å². The molecule has 0 heterocycles. The Hall–Kier alpha value is -2.92. The molecule has 0 bridgehead atoms. The Bertz CT molecular complexity index is 1070. The molecule has 4 nitrogen and oxygen atoms in total. The van der Waals surface area contributed by atoms with Crippen molar-refractivity contribution in [1.82, 2.24) is 10.2 Å². The Morgan fingerprint density at radius 2 is 1.77 bits per heavy atom. The molecule has 1 N–H and O–H groups in total. The number of hydrogen-bond donors (Lipinski definition) is 1. The SMILES string of the molecule is O=C(Cc1cccc2ccccc12)NCC(=O)N(Cc1c(F)cccc1Cl)C1CC1. The Labute approximate surface area is 179 Å². The normalized spacial score (nSPS) is 13.3. The number of benzene rings is 3. The fourth-order valence-corrected chi connectivity index (χ4v) is 3.84.